The smallest absolute Gasteiger partial charge is 0.239 e. The molecule has 6 fully saturated rings. The molecule has 328 valence electrons. The molecule has 6 aliphatic heterocycles. The largest absolute Gasteiger partial charge is 0.395 e. The monoisotopic (exact) mass is 842 g/mol. The Morgan fingerprint density at radius 3 is 0.893 bits per heavy atom. The van der Waals surface area contributed by atoms with Crippen LogP contribution in [-0.2, 0) is 29.3 Å². The van der Waals surface area contributed by atoms with Crippen LogP contribution in [-0.4, -0.2) is 294 Å². The van der Waals surface area contributed by atoms with Crippen molar-refractivity contribution in [3.05, 3.63) is 0 Å². The van der Waals surface area contributed by atoms with E-state index in [1.165, 1.54) is 12.5 Å². The number of hydrogen-bond acceptors (Lipinski definition) is 16. The van der Waals surface area contributed by atoms with Gasteiger partial charge in [0.05, 0.1) is 65.7 Å². The quantitative estimate of drug-likeness (QED) is 0.0960. The van der Waals surface area contributed by atoms with Gasteiger partial charge in [0.25, 0.3) is 0 Å². The van der Waals surface area contributed by atoms with Gasteiger partial charge in [-0.3, -0.25) is 48.0 Å². The van der Waals surface area contributed by atoms with E-state index in [0.29, 0.717) is 26.2 Å². The summed E-state index contributed by atoms with van der Waals surface area (Å²) >= 11 is 0. The number of carbonyl (C=O) groups is 2. The van der Waals surface area contributed by atoms with Crippen LogP contribution in [0, 0.1) is 0 Å². The molecule has 0 aromatic carbocycles. The second kappa shape index (κ2) is 22.9. The summed E-state index contributed by atoms with van der Waals surface area (Å²) in [4.78, 5) is 34.8. The molecular weight excluding hydrogens is 769 g/mol. The molecule has 2 unspecified atom stereocenters. The van der Waals surface area contributed by atoms with Gasteiger partial charge in [0.15, 0.2) is 0 Å². The molecule has 0 bridgehead atoms. The van der Waals surface area contributed by atoms with Crippen molar-refractivity contribution in [1.82, 2.24) is 29.4 Å². The van der Waals surface area contributed by atoms with Gasteiger partial charge in [0.1, 0.15) is 24.7 Å². The summed E-state index contributed by atoms with van der Waals surface area (Å²) in [5.74, 6) is 0.464. The average molecular weight is 843 g/mol. The molecular formula is C36H74N8O10S2+2. The lowest BCUT2D eigenvalue weighted by atomic mass is 10.3. The number of β-amino-alcohol motifs (C(OH)–C–C–N with tert-alkyl or cyclic N) is 4. The Balaban J connectivity index is 0.000000201. The zero-order valence-corrected chi connectivity index (χ0v) is 36.2. The Hall–Kier alpha value is -1.24. The third kappa shape index (κ3) is 16.4. The van der Waals surface area contributed by atoms with E-state index in [0.717, 1.165) is 140 Å². The Kier molecular flexibility index (Phi) is 20.1. The van der Waals surface area contributed by atoms with Crippen LogP contribution in [0.2, 0.25) is 0 Å². The second-order valence-electron chi connectivity index (χ2n) is 16.5. The number of rotatable bonds is 14. The molecule has 6 saturated heterocycles. The Morgan fingerprint density at radius 2 is 0.696 bits per heavy atom. The lowest BCUT2D eigenvalue weighted by Gasteiger charge is -2.33. The van der Waals surface area contributed by atoms with Crippen molar-refractivity contribution in [2.45, 2.75) is 24.6 Å². The SMILES string of the molecule is CC(=O)CN1CCN(CCO)CC1.CC(=O)CN1CCN(CCO)CC1.CS(=O)(=O)C1C[N+]12CCN(CCO)CC2.CS(=O)(=O)C1C[N+]12CCN(CCO)CC2. The van der Waals surface area contributed by atoms with E-state index >= 15 is 0 Å². The standard InChI is InChI=1S/2C9H19N2O3S.2C9H18N2O2/c2*1-15(13,14)9-8-11(9)5-2-10(3-6-11)4-7-12;2*1-9(13)8-11-4-2-10(3-5-11)6-7-12/h2*9,12H,2-8H2,1H3;2*12H,2-8H2,1H3/q2*+1;;. The minimum absolute atomic E-state index is 0.145. The highest BCUT2D eigenvalue weighted by atomic mass is 32.2. The van der Waals surface area contributed by atoms with E-state index in [9.17, 15) is 26.4 Å². The number of ketones is 2. The van der Waals surface area contributed by atoms with Gasteiger partial charge in [-0.05, 0) is 13.8 Å². The van der Waals surface area contributed by atoms with Gasteiger partial charge in [0, 0.05) is 117 Å². The second-order valence-corrected chi connectivity index (χ2v) is 20.9. The minimum atomic E-state index is -2.86. The average Bonchev–Trinajstić information content (AvgIpc) is 4.04. The van der Waals surface area contributed by atoms with E-state index in [-0.39, 0.29) is 48.7 Å². The lowest BCUT2D eigenvalue weighted by Crippen LogP contribution is -2.50. The molecule has 0 aliphatic carbocycles. The van der Waals surface area contributed by atoms with Gasteiger partial charge in [0.2, 0.25) is 30.4 Å². The van der Waals surface area contributed by atoms with Crippen LogP contribution in [0.5, 0.6) is 0 Å². The maximum Gasteiger partial charge on any atom is 0.239 e. The Labute approximate surface area is 336 Å². The molecule has 0 aromatic rings. The van der Waals surface area contributed by atoms with Gasteiger partial charge in [-0.2, -0.15) is 0 Å². The summed E-state index contributed by atoms with van der Waals surface area (Å²) in [5.41, 5.74) is 0. The maximum atomic E-state index is 11.4. The lowest BCUT2D eigenvalue weighted by molar-refractivity contribution is -0.811. The number of quaternary nitrogens is 2. The third-order valence-electron chi connectivity index (χ3n) is 11.9. The summed E-state index contributed by atoms with van der Waals surface area (Å²) in [6.07, 6.45) is 2.68. The van der Waals surface area contributed by atoms with Crippen LogP contribution in [0.4, 0.5) is 0 Å². The Bertz CT molecular complexity index is 1300. The molecule has 2 spiro atoms. The minimum Gasteiger partial charge on any atom is -0.395 e. The van der Waals surface area contributed by atoms with Gasteiger partial charge in [-0.1, -0.05) is 0 Å². The van der Waals surface area contributed by atoms with E-state index in [2.05, 4.69) is 29.4 Å². The van der Waals surface area contributed by atoms with E-state index < -0.39 is 19.7 Å². The Morgan fingerprint density at radius 1 is 0.464 bits per heavy atom. The number of aliphatic hydroxyl groups is 4. The van der Waals surface area contributed by atoms with Gasteiger partial charge in [-0.15, -0.1) is 0 Å². The van der Waals surface area contributed by atoms with Gasteiger partial charge < -0.3 is 20.4 Å². The van der Waals surface area contributed by atoms with Crippen LogP contribution in [0.3, 0.4) is 0 Å². The van der Waals surface area contributed by atoms with Crippen LogP contribution >= 0.6 is 0 Å². The number of sulfone groups is 2. The highest BCUT2D eigenvalue weighted by molar-refractivity contribution is 7.91. The number of aliphatic hydroxyl groups excluding tert-OH is 4. The first kappa shape index (κ1) is 49.1. The van der Waals surface area contributed by atoms with Gasteiger partial charge >= 0.3 is 0 Å². The highest BCUT2D eigenvalue weighted by Gasteiger charge is 2.62. The van der Waals surface area contributed by atoms with Crippen molar-refractivity contribution >= 4 is 31.2 Å². The summed E-state index contributed by atoms with van der Waals surface area (Å²) in [6, 6.07) is 0. The highest BCUT2D eigenvalue weighted by Crippen LogP contribution is 2.37. The van der Waals surface area contributed by atoms with E-state index in [1.54, 1.807) is 13.8 Å². The fourth-order valence-corrected chi connectivity index (χ4v) is 11.5. The number of piperazine rings is 4. The fourth-order valence-electron chi connectivity index (χ4n) is 8.35. The van der Waals surface area contributed by atoms with E-state index in [1.807, 2.05) is 0 Å². The number of hydrogen-bond donors (Lipinski definition) is 4. The van der Waals surface area contributed by atoms with Crippen molar-refractivity contribution in [2.24, 2.45) is 0 Å². The summed E-state index contributed by atoms with van der Waals surface area (Å²) < 4.78 is 47.1. The zero-order chi connectivity index (χ0) is 41.6. The first-order valence-corrected chi connectivity index (χ1v) is 24.2. The third-order valence-corrected chi connectivity index (χ3v) is 15.1. The molecule has 0 aromatic heterocycles. The predicted molar refractivity (Wildman–Crippen MR) is 215 cm³/mol. The number of nitrogens with zero attached hydrogens (tertiary/aromatic N) is 8. The molecule has 20 heteroatoms. The molecule has 4 N–H and O–H groups in total. The first-order chi connectivity index (χ1) is 26.4. The molecule has 6 heterocycles. The summed E-state index contributed by atoms with van der Waals surface area (Å²) in [6.45, 7) is 24.7. The molecule has 56 heavy (non-hydrogen) atoms. The summed E-state index contributed by atoms with van der Waals surface area (Å²) in [7, 11) is -5.73. The molecule has 0 radical (unpaired) electrons. The molecule has 6 rings (SSSR count). The zero-order valence-electron chi connectivity index (χ0n) is 34.6. The first-order valence-electron chi connectivity index (χ1n) is 20.3. The normalized spacial score (nSPS) is 25.9. The van der Waals surface area contributed by atoms with Crippen molar-refractivity contribution in [3.63, 3.8) is 0 Å². The van der Waals surface area contributed by atoms with Crippen LogP contribution in [0.15, 0.2) is 0 Å². The molecule has 0 saturated carbocycles. The van der Waals surface area contributed by atoms with Crippen LogP contribution < -0.4 is 0 Å². The molecule has 6 aliphatic rings. The predicted octanol–water partition coefficient (Wildman–Crippen LogP) is -4.64. The molecule has 2 atom stereocenters. The van der Waals surface area contributed by atoms with Crippen molar-refractivity contribution in [2.75, 3.05) is 196 Å². The van der Waals surface area contributed by atoms with Crippen LogP contribution in [0.25, 0.3) is 0 Å². The summed E-state index contributed by atoms with van der Waals surface area (Å²) in [5, 5.41) is 34.8. The van der Waals surface area contributed by atoms with Crippen LogP contribution in [0.1, 0.15) is 13.8 Å². The topological polar surface area (TPSA) is 203 Å². The molecule has 18 nitrogen and oxygen atoms in total. The van der Waals surface area contributed by atoms with Crippen molar-refractivity contribution in [1.29, 1.82) is 0 Å². The molecule has 0 amide bonds. The number of Topliss-reactive ketones (excluding diaryl/α,β-unsaturated/α-hetero) is 2. The fraction of sp³-hybridized carbons (Fsp3) is 0.944. The van der Waals surface area contributed by atoms with Crippen molar-refractivity contribution < 1.29 is 55.8 Å². The maximum absolute atomic E-state index is 11.4. The van der Waals surface area contributed by atoms with Crippen molar-refractivity contribution in [3.8, 4) is 0 Å². The van der Waals surface area contributed by atoms with E-state index in [4.69, 9.17) is 20.4 Å². The number of carbonyl (C=O) groups excluding carboxylic acids is 2. The van der Waals surface area contributed by atoms with Gasteiger partial charge in [-0.25, -0.2) is 16.8 Å².